The Morgan fingerprint density at radius 2 is 2.17 bits per heavy atom. The van der Waals surface area contributed by atoms with E-state index in [2.05, 4.69) is 36.9 Å². The Balaban J connectivity index is 1.30. The lowest BCUT2D eigenvalue weighted by Crippen LogP contribution is -2.24. The Labute approximate surface area is 177 Å². The zero-order chi connectivity index (χ0) is 20.3. The Hall–Kier alpha value is -3.17. The highest BCUT2D eigenvalue weighted by Crippen LogP contribution is 2.32. The molecule has 1 fully saturated rings. The molecule has 0 saturated carbocycles. The first-order valence-electron chi connectivity index (χ1n) is 9.74. The maximum absolute atomic E-state index is 6.35. The van der Waals surface area contributed by atoms with Crippen LogP contribution in [-0.2, 0) is 6.54 Å². The summed E-state index contributed by atoms with van der Waals surface area (Å²) >= 11 is 1.71. The van der Waals surface area contributed by atoms with Crippen molar-refractivity contribution in [2.24, 2.45) is 0 Å². The molecule has 1 aliphatic rings. The second-order valence-electron chi connectivity index (χ2n) is 7.13. The average molecular weight is 420 g/mol. The number of aryl methyl sites for hydroxylation is 1. The van der Waals surface area contributed by atoms with Gasteiger partial charge in [0, 0.05) is 36.9 Å². The van der Waals surface area contributed by atoms with Gasteiger partial charge in [-0.1, -0.05) is 17.3 Å². The molecule has 5 rings (SSSR count). The van der Waals surface area contributed by atoms with Gasteiger partial charge in [0.15, 0.2) is 0 Å². The summed E-state index contributed by atoms with van der Waals surface area (Å²) in [6.45, 7) is 4.86. The van der Waals surface area contributed by atoms with E-state index in [4.69, 9.17) is 9.26 Å². The van der Waals surface area contributed by atoms with E-state index in [0.717, 1.165) is 43.1 Å². The second-order valence-corrected chi connectivity index (χ2v) is 8.07. The van der Waals surface area contributed by atoms with Crippen molar-refractivity contribution in [2.45, 2.75) is 26.0 Å². The van der Waals surface area contributed by atoms with Crippen LogP contribution >= 0.6 is 11.3 Å². The lowest BCUT2D eigenvalue weighted by molar-refractivity contribution is 0.199. The molecule has 30 heavy (non-hydrogen) atoms. The van der Waals surface area contributed by atoms with Gasteiger partial charge >= 0.3 is 0 Å². The largest absolute Gasteiger partial charge is 0.488 e. The van der Waals surface area contributed by atoms with Crippen molar-refractivity contribution in [2.75, 3.05) is 13.1 Å². The summed E-state index contributed by atoms with van der Waals surface area (Å²) in [5.74, 6) is 1.55. The number of rotatable bonds is 6. The van der Waals surface area contributed by atoms with Crippen molar-refractivity contribution < 1.29 is 9.26 Å². The molecule has 0 amide bonds. The Morgan fingerprint density at radius 3 is 3.00 bits per heavy atom. The third-order valence-electron chi connectivity index (χ3n) is 5.07. The fraction of sp³-hybridized carbons (Fsp3) is 0.286. The minimum atomic E-state index is 0.113. The van der Waals surface area contributed by atoms with Crippen LogP contribution in [0.1, 0.15) is 17.0 Å². The van der Waals surface area contributed by atoms with Crippen LogP contribution in [0.3, 0.4) is 0 Å². The fourth-order valence-electron chi connectivity index (χ4n) is 3.50. The summed E-state index contributed by atoms with van der Waals surface area (Å²) in [7, 11) is 0. The molecule has 4 aromatic rings. The quantitative estimate of drug-likeness (QED) is 0.467. The van der Waals surface area contributed by atoms with Crippen LogP contribution in [0.25, 0.3) is 23.0 Å². The van der Waals surface area contributed by atoms with Gasteiger partial charge in [-0.05, 0) is 25.5 Å². The maximum Gasteiger partial charge on any atom is 0.262 e. The number of thiazole rings is 1. The monoisotopic (exact) mass is 420 g/mol. The average Bonchev–Trinajstić information content (AvgIpc) is 3.52. The van der Waals surface area contributed by atoms with Gasteiger partial charge in [-0.15, -0.1) is 11.3 Å². The van der Waals surface area contributed by atoms with Gasteiger partial charge in [0.25, 0.3) is 5.89 Å². The molecule has 0 spiro atoms. The Kier molecular flexibility index (Phi) is 5.20. The van der Waals surface area contributed by atoms with Crippen LogP contribution in [-0.4, -0.2) is 49.2 Å². The van der Waals surface area contributed by atoms with Crippen molar-refractivity contribution >= 4 is 11.3 Å². The lowest BCUT2D eigenvalue weighted by Gasteiger charge is -2.17. The predicted octanol–water partition coefficient (Wildman–Crippen LogP) is 3.61. The number of hydrogen-bond donors (Lipinski definition) is 0. The molecule has 1 aliphatic heterocycles. The molecule has 1 saturated heterocycles. The van der Waals surface area contributed by atoms with E-state index in [1.54, 1.807) is 29.9 Å². The highest BCUT2D eigenvalue weighted by Gasteiger charge is 2.26. The highest BCUT2D eigenvalue weighted by atomic mass is 32.1. The van der Waals surface area contributed by atoms with E-state index < -0.39 is 0 Å². The van der Waals surface area contributed by atoms with Gasteiger partial charge in [0.1, 0.15) is 17.5 Å². The molecule has 1 aromatic carbocycles. The molecule has 3 aromatic heterocycles. The predicted molar refractivity (Wildman–Crippen MR) is 112 cm³/mol. The number of likely N-dealkylation sites (tertiary alicyclic amines) is 1. The molecular weight excluding hydrogens is 400 g/mol. The van der Waals surface area contributed by atoms with Crippen LogP contribution in [0.5, 0.6) is 5.75 Å². The first kappa shape index (κ1) is 18.8. The summed E-state index contributed by atoms with van der Waals surface area (Å²) in [4.78, 5) is 20.8. The van der Waals surface area contributed by atoms with Crippen LogP contribution in [0.2, 0.25) is 0 Å². The third kappa shape index (κ3) is 3.94. The van der Waals surface area contributed by atoms with Gasteiger partial charge in [0.05, 0.1) is 23.0 Å². The standard InChI is InChI=1S/C21H20N6O2S/c1-14-19(30-13-24-14)12-27-9-6-15(11-27)28-18-5-3-2-4-16(18)21-25-20(26-29-21)17-10-22-7-8-23-17/h2-5,7-8,10,13,15H,6,9,11-12H2,1H3. The summed E-state index contributed by atoms with van der Waals surface area (Å²) in [5.41, 5.74) is 4.36. The number of hydrogen-bond acceptors (Lipinski definition) is 9. The van der Waals surface area contributed by atoms with Gasteiger partial charge in [-0.3, -0.25) is 9.88 Å². The zero-order valence-electron chi connectivity index (χ0n) is 16.4. The molecular formula is C21H20N6O2S. The molecule has 0 radical (unpaired) electrons. The number of para-hydroxylation sites is 1. The number of benzene rings is 1. The molecule has 0 aliphatic carbocycles. The summed E-state index contributed by atoms with van der Waals surface area (Å²) in [5, 5.41) is 4.04. The van der Waals surface area contributed by atoms with Crippen LogP contribution in [0, 0.1) is 6.92 Å². The van der Waals surface area contributed by atoms with Crippen molar-refractivity contribution in [1.29, 1.82) is 0 Å². The third-order valence-corrected chi connectivity index (χ3v) is 5.99. The maximum atomic E-state index is 6.35. The van der Waals surface area contributed by atoms with Gasteiger partial charge in [-0.2, -0.15) is 4.98 Å². The van der Waals surface area contributed by atoms with Crippen LogP contribution in [0.15, 0.2) is 52.9 Å². The first-order valence-corrected chi connectivity index (χ1v) is 10.6. The molecule has 8 nitrogen and oxygen atoms in total. The smallest absolute Gasteiger partial charge is 0.262 e. The van der Waals surface area contributed by atoms with E-state index >= 15 is 0 Å². The highest BCUT2D eigenvalue weighted by molar-refractivity contribution is 7.09. The fourth-order valence-corrected chi connectivity index (χ4v) is 4.31. The molecule has 9 heteroatoms. The molecule has 1 atom stereocenters. The van der Waals surface area contributed by atoms with E-state index in [0.29, 0.717) is 17.4 Å². The van der Waals surface area contributed by atoms with E-state index in [1.807, 2.05) is 29.8 Å². The van der Waals surface area contributed by atoms with E-state index in [1.165, 1.54) is 4.88 Å². The molecule has 4 heterocycles. The number of ether oxygens (including phenoxy) is 1. The van der Waals surface area contributed by atoms with Gasteiger partial charge in [-0.25, -0.2) is 9.97 Å². The number of aromatic nitrogens is 5. The van der Waals surface area contributed by atoms with Gasteiger partial charge in [0.2, 0.25) is 5.82 Å². The number of nitrogens with zero attached hydrogens (tertiary/aromatic N) is 6. The minimum absolute atomic E-state index is 0.113. The van der Waals surface area contributed by atoms with E-state index in [9.17, 15) is 0 Å². The summed E-state index contributed by atoms with van der Waals surface area (Å²) < 4.78 is 11.8. The Bertz CT molecular complexity index is 1130. The van der Waals surface area contributed by atoms with E-state index in [-0.39, 0.29) is 6.10 Å². The lowest BCUT2D eigenvalue weighted by atomic mass is 10.2. The van der Waals surface area contributed by atoms with Crippen LogP contribution in [0.4, 0.5) is 0 Å². The van der Waals surface area contributed by atoms with Crippen LogP contribution < -0.4 is 4.74 Å². The first-order chi connectivity index (χ1) is 14.8. The normalized spacial score (nSPS) is 16.8. The molecule has 1 unspecified atom stereocenters. The molecule has 0 bridgehead atoms. The molecule has 152 valence electrons. The zero-order valence-corrected chi connectivity index (χ0v) is 17.2. The second kappa shape index (κ2) is 8.29. The molecule has 0 N–H and O–H groups in total. The summed E-state index contributed by atoms with van der Waals surface area (Å²) in [6.07, 6.45) is 5.90. The minimum Gasteiger partial charge on any atom is -0.488 e. The van der Waals surface area contributed by atoms with Crippen molar-refractivity contribution in [3.8, 4) is 28.7 Å². The van der Waals surface area contributed by atoms with Crippen molar-refractivity contribution in [3.05, 3.63) is 58.9 Å². The topological polar surface area (TPSA) is 90.1 Å². The Morgan fingerprint density at radius 1 is 1.23 bits per heavy atom. The summed E-state index contributed by atoms with van der Waals surface area (Å²) in [6, 6.07) is 7.75. The van der Waals surface area contributed by atoms with Crippen molar-refractivity contribution in [3.63, 3.8) is 0 Å². The van der Waals surface area contributed by atoms with Crippen molar-refractivity contribution in [1.82, 2.24) is 30.0 Å². The SMILES string of the molecule is Cc1ncsc1CN1CCC(Oc2ccccc2-c2nc(-c3cnccn3)no2)C1. The van der Waals surface area contributed by atoms with Gasteiger partial charge < -0.3 is 9.26 Å².